The fraction of sp³-hybridized carbons (Fsp3) is 0.412. The number of halogens is 2. The van der Waals surface area contributed by atoms with Crippen LogP contribution in [0.4, 0.5) is 8.78 Å². The Bertz CT molecular complexity index is 614. The lowest BCUT2D eigenvalue weighted by Crippen LogP contribution is -2.24. The Hall–Kier alpha value is -1.26. The van der Waals surface area contributed by atoms with E-state index in [0.29, 0.717) is 12.1 Å². The van der Waals surface area contributed by atoms with Gasteiger partial charge in [0.25, 0.3) is 0 Å². The monoisotopic (exact) mass is 309 g/mol. The van der Waals surface area contributed by atoms with E-state index in [1.807, 2.05) is 26.8 Å². The number of aryl methyl sites for hydroxylation is 3. The van der Waals surface area contributed by atoms with Gasteiger partial charge in [-0.05, 0) is 57.0 Å². The fourth-order valence-corrected chi connectivity index (χ4v) is 3.45. The molecule has 4 heteroatoms. The van der Waals surface area contributed by atoms with E-state index in [9.17, 15) is 8.78 Å². The average molecular weight is 309 g/mol. The predicted octanol–water partition coefficient (Wildman–Crippen LogP) is 5.04. The van der Waals surface area contributed by atoms with Crippen molar-refractivity contribution >= 4 is 11.3 Å². The Morgan fingerprint density at radius 2 is 1.86 bits per heavy atom. The highest BCUT2D eigenvalue weighted by molar-refractivity contribution is 7.12. The van der Waals surface area contributed by atoms with Crippen molar-refractivity contribution in [3.63, 3.8) is 0 Å². The van der Waals surface area contributed by atoms with E-state index in [2.05, 4.69) is 5.32 Å². The first-order valence-corrected chi connectivity index (χ1v) is 8.02. The molecule has 0 aliphatic carbocycles. The molecular formula is C17H21F2NS. The molecule has 114 valence electrons. The van der Waals surface area contributed by atoms with Gasteiger partial charge in [0.15, 0.2) is 0 Å². The molecule has 0 spiro atoms. The van der Waals surface area contributed by atoms with Crippen LogP contribution in [0.25, 0.3) is 0 Å². The lowest BCUT2D eigenvalue weighted by Gasteiger charge is -2.20. The van der Waals surface area contributed by atoms with Gasteiger partial charge in [-0.2, -0.15) is 0 Å². The average Bonchev–Trinajstić information content (AvgIpc) is 2.78. The minimum absolute atomic E-state index is 0.129. The van der Waals surface area contributed by atoms with Crippen LogP contribution in [0.1, 0.15) is 45.8 Å². The van der Waals surface area contributed by atoms with Gasteiger partial charge in [0.2, 0.25) is 0 Å². The Labute approximate surface area is 129 Å². The van der Waals surface area contributed by atoms with Crippen LogP contribution in [0, 0.1) is 32.4 Å². The van der Waals surface area contributed by atoms with E-state index in [-0.39, 0.29) is 5.56 Å². The number of thiophene rings is 1. The summed E-state index contributed by atoms with van der Waals surface area (Å²) in [5.74, 6) is -0.942. The van der Waals surface area contributed by atoms with Crippen LogP contribution in [0.2, 0.25) is 0 Å². The lowest BCUT2D eigenvalue weighted by molar-refractivity contribution is 0.502. The first-order valence-electron chi connectivity index (χ1n) is 7.20. The molecule has 1 atom stereocenters. The second-order valence-corrected chi connectivity index (χ2v) is 6.65. The van der Waals surface area contributed by atoms with Crippen LogP contribution in [0.3, 0.4) is 0 Å². The molecule has 0 fully saturated rings. The van der Waals surface area contributed by atoms with E-state index in [1.165, 1.54) is 17.0 Å². The standard InChI is InChI=1S/C17H21F2NS/c1-5-8-20-17(14-9-11(3)12(4)21-14)15-13(18)7-6-10(2)16(15)19/h6-7,9,17,20H,5,8H2,1-4H3. The highest BCUT2D eigenvalue weighted by Gasteiger charge is 2.24. The molecule has 1 aromatic heterocycles. The van der Waals surface area contributed by atoms with Crippen molar-refractivity contribution in [2.45, 2.75) is 40.2 Å². The van der Waals surface area contributed by atoms with E-state index >= 15 is 0 Å². The summed E-state index contributed by atoms with van der Waals surface area (Å²) in [6.45, 7) is 8.48. The number of benzene rings is 1. The van der Waals surface area contributed by atoms with Crippen molar-refractivity contribution in [1.82, 2.24) is 5.32 Å². The fourth-order valence-electron chi connectivity index (χ4n) is 2.32. The minimum atomic E-state index is -0.490. The number of rotatable bonds is 5. The summed E-state index contributed by atoms with van der Waals surface area (Å²) < 4.78 is 28.7. The minimum Gasteiger partial charge on any atom is -0.305 e. The summed E-state index contributed by atoms with van der Waals surface area (Å²) in [7, 11) is 0. The Kier molecular flexibility index (Phi) is 5.12. The largest absolute Gasteiger partial charge is 0.305 e. The van der Waals surface area contributed by atoms with Gasteiger partial charge in [0, 0.05) is 15.3 Å². The molecule has 0 aliphatic heterocycles. The van der Waals surface area contributed by atoms with Crippen LogP contribution in [-0.2, 0) is 0 Å². The molecule has 1 N–H and O–H groups in total. The quantitative estimate of drug-likeness (QED) is 0.816. The first-order chi connectivity index (χ1) is 9.95. The molecule has 2 rings (SSSR count). The highest BCUT2D eigenvalue weighted by Crippen LogP contribution is 2.34. The summed E-state index contributed by atoms with van der Waals surface area (Å²) in [5.41, 5.74) is 1.76. The van der Waals surface area contributed by atoms with E-state index in [0.717, 1.165) is 16.9 Å². The van der Waals surface area contributed by atoms with Crippen LogP contribution in [0.15, 0.2) is 18.2 Å². The smallest absolute Gasteiger partial charge is 0.134 e. The van der Waals surface area contributed by atoms with Crippen molar-refractivity contribution in [2.24, 2.45) is 0 Å². The van der Waals surface area contributed by atoms with Crippen LogP contribution in [0.5, 0.6) is 0 Å². The van der Waals surface area contributed by atoms with Crippen LogP contribution in [-0.4, -0.2) is 6.54 Å². The highest BCUT2D eigenvalue weighted by atomic mass is 32.1. The molecule has 0 radical (unpaired) electrons. The zero-order valence-corrected chi connectivity index (χ0v) is 13.7. The van der Waals surface area contributed by atoms with E-state index in [1.54, 1.807) is 18.3 Å². The number of nitrogens with one attached hydrogen (secondary N) is 1. The second-order valence-electron chi connectivity index (χ2n) is 5.37. The van der Waals surface area contributed by atoms with Gasteiger partial charge in [0.1, 0.15) is 11.6 Å². The lowest BCUT2D eigenvalue weighted by atomic mass is 10.0. The zero-order valence-electron chi connectivity index (χ0n) is 12.9. The molecule has 21 heavy (non-hydrogen) atoms. The third kappa shape index (κ3) is 3.33. The van der Waals surface area contributed by atoms with Crippen molar-refractivity contribution in [3.8, 4) is 0 Å². The summed E-state index contributed by atoms with van der Waals surface area (Å²) in [5, 5.41) is 3.28. The second kappa shape index (κ2) is 6.67. The van der Waals surface area contributed by atoms with Crippen molar-refractivity contribution in [2.75, 3.05) is 6.54 Å². The molecule has 0 amide bonds. The van der Waals surface area contributed by atoms with E-state index in [4.69, 9.17) is 0 Å². The summed E-state index contributed by atoms with van der Waals surface area (Å²) in [6, 6.07) is 4.42. The van der Waals surface area contributed by atoms with E-state index < -0.39 is 17.7 Å². The number of hydrogen-bond acceptors (Lipinski definition) is 2. The molecule has 2 aromatic rings. The Balaban J connectivity index is 2.53. The summed E-state index contributed by atoms with van der Waals surface area (Å²) in [4.78, 5) is 2.14. The van der Waals surface area contributed by atoms with Gasteiger partial charge in [-0.15, -0.1) is 11.3 Å². The molecule has 1 nitrogen and oxygen atoms in total. The summed E-state index contributed by atoms with van der Waals surface area (Å²) >= 11 is 1.60. The first kappa shape index (κ1) is 16.1. The topological polar surface area (TPSA) is 12.0 Å². The van der Waals surface area contributed by atoms with Gasteiger partial charge in [0.05, 0.1) is 6.04 Å². The van der Waals surface area contributed by atoms with Crippen LogP contribution >= 0.6 is 11.3 Å². The number of hydrogen-bond donors (Lipinski definition) is 1. The third-order valence-corrected chi connectivity index (χ3v) is 4.89. The summed E-state index contributed by atoms with van der Waals surface area (Å²) in [6.07, 6.45) is 0.912. The molecular weight excluding hydrogens is 288 g/mol. The molecule has 1 unspecified atom stereocenters. The van der Waals surface area contributed by atoms with Gasteiger partial charge in [-0.1, -0.05) is 13.0 Å². The molecule has 1 aromatic carbocycles. The van der Waals surface area contributed by atoms with Crippen molar-refractivity contribution in [1.29, 1.82) is 0 Å². The molecule has 0 aliphatic rings. The van der Waals surface area contributed by atoms with Gasteiger partial charge < -0.3 is 5.32 Å². The maximum Gasteiger partial charge on any atom is 0.134 e. The van der Waals surface area contributed by atoms with Gasteiger partial charge in [-0.25, -0.2) is 8.78 Å². The van der Waals surface area contributed by atoms with Crippen molar-refractivity contribution < 1.29 is 8.78 Å². The van der Waals surface area contributed by atoms with Gasteiger partial charge >= 0.3 is 0 Å². The Morgan fingerprint density at radius 3 is 2.43 bits per heavy atom. The zero-order chi connectivity index (χ0) is 15.6. The molecule has 0 saturated carbocycles. The normalized spacial score (nSPS) is 12.7. The van der Waals surface area contributed by atoms with Crippen LogP contribution < -0.4 is 5.32 Å². The SMILES string of the molecule is CCCNC(c1cc(C)c(C)s1)c1c(F)ccc(C)c1F. The predicted molar refractivity (Wildman–Crippen MR) is 85.0 cm³/mol. The molecule has 1 heterocycles. The molecule has 0 saturated heterocycles. The maximum absolute atomic E-state index is 14.5. The molecule has 0 bridgehead atoms. The third-order valence-electron chi connectivity index (χ3n) is 3.68. The maximum atomic E-state index is 14.5. The van der Waals surface area contributed by atoms with Crippen molar-refractivity contribution in [3.05, 3.63) is 56.3 Å². The van der Waals surface area contributed by atoms with Gasteiger partial charge in [-0.3, -0.25) is 0 Å². The Morgan fingerprint density at radius 1 is 1.14 bits per heavy atom.